The number of fused-ring (bicyclic) bond motifs is 1. The van der Waals surface area contributed by atoms with Crippen molar-refractivity contribution in [3.05, 3.63) is 88.5 Å². The molecular formula is C27H27N3O4. The van der Waals surface area contributed by atoms with E-state index in [-0.39, 0.29) is 24.4 Å². The molecule has 0 bridgehead atoms. The zero-order valence-electron chi connectivity index (χ0n) is 19.5. The minimum absolute atomic E-state index is 0.0370. The molecule has 1 amide bonds. The highest BCUT2D eigenvalue weighted by Gasteiger charge is 2.16. The second-order valence-corrected chi connectivity index (χ2v) is 7.88. The standard InChI is InChI=1S/C27H27N3O4/c1-4-30(26(31)14-18-10-12-20(13-11-18)19-8-6-5-7-9-19)17-25-28-22-16-24(34-3)23(33-2)15-21(22)27(32)29-25/h5-13,15-16H,4,14,17H2,1-3H3,(H,28,29,32). The molecule has 0 radical (unpaired) electrons. The van der Waals surface area contributed by atoms with Crippen LogP contribution in [0, 0.1) is 0 Å². The number of benzene rings is 3. The molecule has 0 aliphatic heterocycles. The van der Waals surface area contributed by atoms with E-state index in [1.54, 1.807) is 17.0 Å². The summed E-state index contributed by atoms with van der Waals surface area (Å²) in [7, 11) is 3.04. The van der Waals surface area contributed by atoms with Crippen molar-refractivity contribution < 1.29 is 14.3 Å². The number of rotatable bonds is 8. The zero-order chi connectivity index (χ0) is 24.1. The summed E-state index contributed by atoms with van der Waals surface area (Å²) in [6.07, 6.45) is 0.270. The smallest absolute Gasteiger partial charge is 0.258 e. The first-order valence-corrected chi connectivity index (χ1v) is 11.1. The number of hydrogen-bond acceptors (Lipinski definition) is 5. The highest BCUT2D eigenvalue weighted by molar-refractivity contribution is 5.82. The summed E-state index contributed by atoms with van der Waals surface area (Å²) in [4.78, 5) is 34.7. The molecule has 0 saturated heterocycles. The van der Waals surface area contributed by atoms with Gasteiger partial charge in [-0.25, -0.2) is 4.98 Å². The van der Waals surface area contributed by atoms with Crippen molar-refractivity contribution in [3.63, 3.8) is 0 Å². The summed E-state index contributed by atoms with van der Waals surface area (Å²) in [6, 6.07) is 21.4. The lowest BCUT2D eigenvalue weighted by Gasteiger charge is -2.20. The lowest BCUT2D eigenvalue weighted by Crippen LogP contribution is -2.33. The lowest BCUT2D eigenvalue weighted by molar-refractivity contribution is -0.131. The largest absolute Gasteiger partial charge is 0.493 e. The Bertz CT molecular complexity index is 1350. The number of likely N-dealkylation sites (N-methyl/N-ethyl adjacent to an activating group) is 1. The van der Waals surface area contributed by atoms with Gasteiger partial charge >= 0.3 is 0 Å². The predicted octanol–water partition coefficient (Wildman–Crippen LogP) is 4.20. The van der Waals surface area contributed by atoms with E-state index in [1.807, 2.05) is 49.4 Å². The van der Waals surface area contributed by atoms with Crippen molar-refractivity contribution in [3.8, 4) is 22.6 Å². The van der Waals surface area contributed by atoms with E-state index in [2.05, 4.69) is 22.1 Å². The average molecular weight is 458 g/mol. The molecule has 4 aromatic rings. The first kappa shape index (κ1) is 23.0. The third-order valence-electron chi connectivity index (χ3n) is 5.75. The number of carbonyl (C=O) groups is 1. The Hall–Kier alpha value is -4.13. The number of nitrogens with zero attached hydrogens (tertiary/aromatic N) is 2. The van der Waals surface area contributed by atoms with Crippen LogP contribution >= 0.6 is 0 Å². The molecule has 1 heterocycles. The van der Waals surface area contributed by atoms with Crippen LogP contribution in [0.4, 0.5) is 0 Å². The van der Waals surface area contributed by atoms with Crippen LogP contribution in [0.5, 0.6) is 11.5 Å². The van der Waals surface area contributed by atoms with Gasteiger partial charge in [0.2, 0.25) is 5.91 Å². The minimum Gasteiger partial charge on any atom is -0.493 e. The molecule has 1 N–H and O–H groups in total. The molecular weight excluding hydrogens is 430 g/mol. The van der Waals surface area contributed by atoms with Gasteiger partial charge in [-0.1, -0.05) is 54.6 Å². The van der Waals surface area contributed by atoms with Crippen molar-refractivity contribution >= 4 is 16.8 Å². The Balaban J connectivity index is 1.51. The fourth-order valence-corrected chi connectivity index (χ4v) is 3.88. The van der Waals surface area contributed by atoms with Crippen molar-refractivity contribution in [2.75, 3.05) is 20.8 Å². The number of ether oxygens (including phenoxy) is 2. The summed E-state index contributed by atoms with van der Waals surface area (Å²) in [5.74, 6) is 1.32. The monoisotopic (exact) mass is 457 g/mol. The van der Waals surface area contributed by atoms with Gasteiger partial charge in [0.25, 0.3) is 5.56 Å². The molecule has 4 rings (SSSR count). The Morgan fingerprint density at radius 2 is 1.59 bits per heavy atom. The zero-order valence-corrected chi connectivity index (χ0v) is 19.5. The van der Waals surface area contributed by atoms with Crippen molar-refractivity contribution in [2.45, 2.75) is 19.9 Å². The second-order valence-electron chi connectivity index (χ2n) is 7.88. The number of amides is 1. The van der Waals surface area contributed by atoms with E-state index in [0.717, 1.165) is 16.7 Å². The third kappa shape index (κ3) is 4.93. The molecule has 7 nitrogen and oxygen atoms in total. The summed E-state index contributed by atoms with van der Waals surface area (Å²) in [6.45, 7) is 2.61. The fraction of sp³-hybridized carbons (Fsp3) is 0.222. The summed E-state index contributed by atoms with van der Waals surface area (Å²) < 4.78 is 10.6. The highest BCUT2D eigenvalue weighted by Crippen LogP contribution is 2.30. The van der Waals surface area contributed by atoms with Crippen molar-refractivity contribution in [1.82, 2.24) is 14.9 Å². The van der Waals surface area contributed by atoms with E-state index < -0.39 is 0 Å². The first-order chi connectivity index (χ1) is 16.5. The minimum atomic E-state index is -0.291. The van der Waals surface area contributed by atoms with E-state index >= 15 is 0 Å². The number of H-pyrrole nitrogens is 1. The van der Waals surface area contributed by atoms with E-state index in [9.17, 15) is 9.59 Å². The van der Waals surface area contributed by atoms with Gasteiger partial charge < -0.3 is 19.4 Å². The van der Waals surface area contributed by atoms with Crippen molar-refractivity contribution in [1.29, 1.82) is 0 Å². The summed E-state index contributed by atoms with van der Waals surface area (Å²) in [5, 5.41) is 0.397. The van der Waals surface area contributed by atoms with Gasteiger partial charge in [-0.3, -0.25) is 9.59 Å². The summed E-state index contributed by atoms with van der Waals surface area (Å²) >= 11 is 0. The number of methoxy groups -OCH3 is 2. The van der Waals surface area contributed by atoms with Crippen LogP contribution in [0.3, 0.4) is 0 Å². The van der Waals surface area contributed by atoms with Crippen LogP contribution in [0.15, 0.2) is 71.5 Å². The molecule has 174 valence electrons. The topological polar surface area (TPSA) is 84.5 Å². The number of aromatic amines is 1. The van der Waals surface area contributed by atoms with Gasteiger partial charge in [0.05, 0.1) is 38.1 Å². The number of nitrogens with one attached hydrogen (secondary N) is 1. The SMILES string of the molecule is CCN(Cc1nc2cc(OC)c(OC)cc2c(=O)[nH]1)C(=O)Cc1ccc(-c2ccccc2)cc1. The maximum Gasteiger partial charge on any atom is 0.258 e. The van der Waals surface area contributed by atoms with Crippen LogP contribution in [-0.2, 0) is 17.8 Å². The lowest BCUT2D eigenvalue weighted by atomic mass is 10.0. The van der Waals surface area contributed by atoms with Crippen LogP contribution < -0.4 is 15.0 Å². The van der Waals surface area contributed by atoms with E-state index in [4.69, 9.17) is 9.47 Å². The Morgan fingerprint density at radius 1 is 0.941 bits per heavy atom. The highest BCUT2D eigenvalue weighted by atomic mass is 16.5. The number of aromatic nitrogens is 2. The van der Waals surface area contributed by atoms with Gasteiger partial charge in [0, 0.05) is 12.6 Å². The summed E-state index contributed by atoms with van der Waals surface area (Å²) in [5.41, 5.74) is 3.36. The van der Waals surface area contributed by atoms with E-state index in [1.165, 1.54) is 14.2 Å². The quantitative estimate of drug-likeness (QED) is 0.429. The van der Waals surface area contributed by atoms with Gasteiger partial charge in [-0.15, -0.1) is 0 Å². The maximum absolute atomic E-state index is 13.0. The molecule has 0 aliphatic carbocycles. The second kappa shape index (κ2) is 10.2. The van der Waals surface area contributed by atoms with Crippen LogP contribution in [0.1, 0.15) is 18.3 Å². The molecule has 0 atom stereocenters. The van der Waals surface area contributed by atoms with Crippen molar-refractivity contribution in [2.24, 2.45) is 0 Å². The molecule has 34 heavy (non-hydrogen) atoms. The molecule has 0 aliphatic rings. The number of hydrogen-bond donors (Lipinski definition) is 1. The Morgan fingerprint density at radius 3 is 2.24 bits per heavy atom. The van der Waals surface area contributed by atoms with Crippen LogP contribution in [0.2, 0.25) is 0 Å². The first-order valence-electron chi connectivity index (χ1n) is 11.1. The molecule has 0 spiro atoms. The Labute approximate surface area is 198 Å². The van der Waals surface area contributed by atoms with Crippen LogP contribution in [-0.4, -0.2) is 41.5 Å². The average Bonchev–Trinajstić information content (AvgIpc) is 2.87. The molecule has 0 saturated carbocycles. The van der Waals surface area contributed by atoms with Gasteiger partial charge in [0.1, 0.15) is 5.82 Å². The molecule has 7 heteroatoms. The van der Waals surface area contributed by atoms with Gasteiger partial charge in [-0.05, 0) is 29.7 Å². The molecule has 3 aromatic carbocycles. The van der Waals surface area contributed by atoms with Crippen LogP contribution in [0.25, 0.3) is 22.0 Å². The Kier molecular flexibility index (Phi) is 6.92. The molecule has 1 aromatic heterocycles. The number of carbonyl (C=O) groups excluding carboxylic acids is 1. The van der Waals surface area contributed by atoms with Gasteiger partial charge in [0.15, 0.2) is 11.5 Å². The fourth-order valence-electron chi connectivity index (χ4n) is 3.88. The maximum atomic E-state index is 13.0. The third-order valence-corrected chi connectivity index (χ3v) is 5.75. The normalized spacial score (nSPS) is 10.8. The molecule has 0 unspecified atom stereocenters. The molecule has 0 fully saturated rings. The van der Waals surface area contributed by atoms with Gasteiger partial charge in [-0.2, -0.15) is 0 Å². The van der Waals surface area contributed by atoms with E-state index in [0.29, 0.717) is 34.8 Å². The predicted molar refractivity (Wildman–Crippen MR) is 132 cm³/mol.